The fourth-order valence-electron chi connectivity index (χ4n) is 4.59. The predicted octanol–water partition coefficient (Wildman–Crippen LogP) is 4.67. The summed E-state index contributed by atoms with van der Waals surface area (Å²) in [5, 5.41) is 2.08. The summed E-state index contributed by atoms with van der Waals surface area (Å²) in [5.74, 6) is 0.724. The Morgan fingerprint density at radius 1 is 1.08 bits per heavy atom. The van der Waals surface area contributed by atoms with Crippen LogP contribution in [0.15, 0.2) is 66.0 Å². The number of benzene rings is 2. The van der Waals surface area contributed by atoms with Gasteiger partial charge in [-0.2, -0.15) is 0 Å². The summed E-state index contributed by atoms with van der Waals surface area (Å²) in [6.45, 7) is 4.08. The van der Waals surface area contributed by atoms with Crippen LogP contribution in [0.25, 0.3) is 0 Å². The molecule has 1 aliphatic heterocycles. The summed E-state index contributed by atoms with van der Waals surface area (Å²) >= 11 is 1.73. The van der Waals surface area contributed by atoms with Crippen LogP contribution in [0, 0.1) is 6.92 Å². The molecule has 1 aromatic heterocycles. The molecule has 3 aromatic rings. The van der Waals surface area contributed by atoms with Gasteiger partial charge in [-0.05, 0) is 54.0 Å². The lowest BCUT2D eigenvalue weighted by Crippen LogP contribution is -2.48. The fraction of sp³-hybridized carbons (Fsp3) is 0.379. The molecule has 0 N–H and O–H groups in total. The molecule has 190 valence electrons. The van der Waals surface area contributed by atoms with Gasteiger partial charge in [-0.15, -0.1) is 11.3 Å². The molecule has 0 saturated heterocycles. The van der Waals surface area contributed by atoms with Crippen LogP contribution in [0.5, 0.6) is 5.75 Å². The van der Waals surface area contributed by atoms with Crippen molar-refractivity contribution < 1.29 is 19.1 Å². The summed E-state index contributed by atoms with van der Waals surface area (Å²) in [4.78, 5) is 31.7. The highest BCUT2D eigenvalue weighted by atomic mass is 32.1. The highest BCUT2D eigenvalue weighted by Crippen LogP contribution is 2.34. The Balaban J connectivity index is 1.49. The predicted molar refractivity (Wildman–Crippen MR) is 142 cm³/mol. The molecule has 1 atom stereocenters. The number of ether oxygens (including phenoxy) is 2. The van der Waals surface area contributed by atoms with Crippen molar-refractivity contribution in [2.75, 3.05) is 40.0 Å². The summed E-state index contributed by atoms with van der Waals surface area (Å²) in [7, 11) is 1.65. The Morgan fingerprint density at radius 3 is 2.64 bits per heavy atom. The number of fused-ring (bicyclic) bond motifs is 1. The molecule has 7 heteroatoms. The highest BCUT2D eigenvalue weighted by molar-refractivity contribution is 7.10. The maximum atomic E-state index is 13.7. The smallest absolute Gasteiger partial charge is 0.242 e. The van der Waals surface area contributed by atoms with Gasteiger partial charge in [-0.25, -0.2) is 0 Å². The quantitative estimate of drug-likeness (QED) is 0.355. The van der Waals surface area contributed by atoms with Crippen LogP contribution in [0.1, 0.15) is 34.0 Å². The minimum absolute atomic E-state index is 0.0494. The van der Waals surface area contributed by atoms with Crippen LogP contribution in [0.4, 0.5) is 0 Å². The van der Waals surface area contributed by atoms with Gasteiger partial charge in [0.25, 0.3) is 0 Å². The Kier molecular flexibility index (Phi) is 9.14. The van der Waals surface area contributed by atoms with Crippen LogP contribution in [-0.2, 0) is 27.2 Å². The van der Waals surface area contributed by atoms with Crippen molar-refractivity contribution in [1.29, 1.82) is 0 Å². The lowest BCUT2D eigenvalue weighted by molar-refractivity contribution is -0.142. The number of methoxy groups -OCH3 is 1. The fourth-order valence-corrected chi connectivity index (χ4v) is 5.52. The molecular weight excluding hydrogens is 472 g/mol. The third-order valence-electron chi connectivity index (χ3n) is 6.56. The van der Waals surface area contributed by atoms with Gasteiger partial charge in [0.15, 0.2) is 0 Å². The summed E-state index contributed by atoms with van der Waals surface area (Å²) in [6, 6.07) is 19.5. The summed E-state index contributed by atoms with van der Waals surface area (Å²) < 4.78 is 11.4. The number of thiophene rings is 1. The summed E-state index contributed by atoms with van der Waals surface area (Å²) in [5.41, 5.74) is 3.15. The van der Waals surface area contributed by atoms with E-state index in [0.717, 1.165) is 28.9 Å². The zero-order chi connectivity index (χ0) is 25.3. The van der Waals surface area contributed by atoms with Crippen molar-refractivity contribution in [3.05, 3.63) is 87.6 Å². The number of aryl methyl sites for hydroxylation is 1. The third-order valence-corrected chi connectivity index (χ3v) is 7.56. The molecule has 0 unspecified atom stereocenters. The molecule has 2 aromatic carbocycles. The van der Waals surface area contributed by atoms with Gasteiger partial charge >= 0.3 is 0 Å². The average Bonchev–Trinajstić information content (AvgIpc) is 3.37. The van der Waals surface area contributed by atoms with E-state index in [1.807, 2.05) is 66.4 Å². The first-order chi connectivity index (χ1) is 17.6. The van der Waals surface area contributed by atoms with E-state index in [1.165, 1.54) is 4.88 Å². The zero-order valence-corrected chi connectivity index (χ0v) is 21.8. The first-order valence-corrected chi connectivity index (χ1v) is 13.3. The number of carbonyl (C=O) groups excluding carboxylic acids is 2. The number of rotatable bonds is 11. The van der Waals surface area contributed by atoms with E-state index in [1.54, 1.807) is 23.3 Å². The molecule has 0 saturated carbocycles. The minimum Gasteiger partial charge on any atom is -0.491 e. The van der Waals surface area contributed by atoms with Gasteiger partial charge in [-0.3, -0.25) is 9.59 Å². The molecule has 4 rings (SSSR count). The van der Waals surface area contributed by atoms with E-state index in [9.17, 15) is 9.59 Å². The Morgan fingerprint density at radius 2 is 1.86 bits per heavy atom. The Hall–Kier alpha value is -3.16. The number of carbonyl (C=O) groups is 2. The normalized spacial score (nSPS) is 14.8. The van der Waals surface area contributed by atoms with Crippen molar-refractivity contribution in [2.45, 2.75) is 32.2 Å². The van der Waals surface area contributed by atoms with Crippen molar-refractivity contribution in [1.82, 2.24) is 9.80 Å². The number of amides is 2. The monoisotopic (exact) mass is 506 g/mol. The molecule has 0 spiro atoms. The Labute approximate surface area is 217 Å². The first kappa shape index (κ1) is 25.9. The maximum Gasteiger partial charge on any atom is 0.242 e. The second kappa shape index (κ2) is 12.7. The van der Waals surface area contributed by atoms with E-state index in [4.69, 9.17) is 9.47 Å². The van der Waals surface area contributed by atoms with E-state index >= 15 is 0 Å². The molecular formula is C29H34N2O4S. The summed E-state index contributed by atoms with van der Waals surface area (Å²) in [6.07, 6.45) is 1.77. The van der Waals surface area contributed by atoms with Crippen molar-refractivity contribution >= 4 is 23.2 Å². The first-order valence-electron chi connectivity index (χ1n) is 12.4. The SMILES string of the molecule is COCCCN(CC(=O)N1CCc2sccc2[C@@H]1COc1ccccc1C)C(=O)Cc1ccccc1. The molecule has 0 aliphatic carbocycles. The number of nitrogens with zero attached hydrogens (tertiary/aromatic N) is 2. The average molecular weight is 507 g/mol. The molecule has 1 aliphatic rings. The van der Waals surface area contributed by atoms with Gasteiger partial charge in [0.2, 0.25) is 11.8 Å². The van der Waals surface area contributed by atoms with Crippen LogP contribution >= 0.6 is 11.3 Å². The zero-order valence-electron chi connectivity index (χ0n) is 21.0. The minimum atomic E-state index is -0.183. The van der Waals surface area contributed by atoms with Gasteiger partial charge in [0.05, 0.1) is 19.0 Å². The van der Waals surface area contributed by atoms with Crippen LogP contribution in [0.2, 0.25) is 0 Å². The molecule has 2 heterocycles. The van der Waals surface area contributed by atoms with Crippen molar-refractivity contribution in [2.24, 2.45) is 0 Å². The van der Waals surface area contributed by atoms with Gasteiger partial charge in [-0.1, -0.05) is 48.5 Å². The molecule has 36 heavy (non-hydrogen) atoms. The van der Waals surface area contributed by atoms with Gasteiger partial charge in [0, 0.05) is 31.7 Å². The van der Waals surface area contributed by atoms with Gasteiger partial charge < -0.3 is 19.3 Å². The molecule has 0 radical (unpaired) electrons. The van der Waals surface area contributed by atoms with E-state index < -0.39 is 0 Å². The Bertz CT molecular complexity index is 1150. The molecule has 0 fully saturated rings. The maximum absolute atomic E-state index is 13.7. The standard InChI is InChI=1S/C29H34N2O4S/c1-22-9-6-7-12-26(22)35-21-25-24-14-18-36-27(24)13-16-31(25)29(33)20-30(15-8-17-34-2)28(32)19-23-10-4-3-5-11-23/h3-7,9-12,14,18,25H,8,13,15-17,19-21H2,1-2H3/t25-/m0/s1. The van der Waals surface area contributed by atoms with Crippen LogP contribution in [-0.4, -0.2) is 61.6 Å². The van der Waals surface area contributed by atoms with Gasteiger partial charge in [0.1, 0.15) is 12.4 Å². The second-order valence-electron chi connectivity index (χ2n) is 9.05. The molecule has 6 nitrogen and oxygen atoms in total. The largest absolute Gasteiger partial charge is 0.491 e. The van der Waals surface area contributed by atoms with Crippen molar-refractivity contribution in [3.8, 4) is 5.75 Å². The third kappa shape index (κ3) is 6.53. The van der Waals surface area contributed by atoms with Crippen LogP contribution < -0.4 is 4.74 Å². The van der Waals surface area contributed by atoms with Crippen LogP contribution in [0.3, 0.4) is 0 Å². The van der Waals surface area contributed by atoms with Crippen molar-refractivity contribution in [3.63, 3.8) is 0 Å². The number of hydrogen-bond donors (Lipinski definition) is 0. The van der Waals surface area contributed by atoms with E-state index in [0.29, 0.717) is 32.7 Å². The highest BCUT2D eigenvalue weighted by Gasteiger charge is 2.33. The van der Waals surface area contributed by atoms with E-state index in [-0.39, 0.29) is 30.8 Å². The van der Waals surface area contributed by atoms with E-state index in [2.05, 4.69) is 11.4 Å². The molecule has 0 bridgehead atoms. The topological polar surface area (TPSA) is 59.1 Å². The lowest BCUT2D eigenvalue weighted by Gasteiger charge is -2.37. The second-order valence-corrected chi connectivity index (χ2v) is 10.1. The number of para-hydroxylation sites is 1. The molecule has 2 amide bonds. The lowest BCUT2D eigenvalue weighted by atomic mass is 10.00. The number of hydrogen-bond acceptors (Lipinski definition) is 5.